The van der Waals surface area contributed by atoms with E-state index in [1.54, 1.807) is 41.4 Å². The number of nitrogens with zero attached hydrogens (tertiary/aromatic N) is 2. The molecule has 3 heterocycles. The fourth-order valence-corrected chi connectivity index (χ4v) is 6.43. The molecule has 0 spiro atoms. The highest BCUT2D eigenvalue weighted by Crippen LogP contribution is 2.41. The zero-order chi connectivity index (χ0) is 29.1. The molecule has 208 valence electrons. The number of nitrogens with one attached hydrogen (secondary N) is 2. The number of alkyl halides is 3. The van der Waals surface area contributed by atoms with E-state index in [0.717, 1.165) is 11.1 Å². The van der Waals surface area contributed by atoms with Gasteiger partial charge in [-0.1, -0.05) is 59.2 Å². The lowest BCUT2D eigenvalue weighted by atomic mass is 10.1. The molecule has 5 aromatic rings. The van der Waals surface area contributed by atoms with Crippen molar-refractivity contribution < 1.29 is 18.0 Å². The molecule has 0 bridgehead atoms. The number of hydrogen-bond acceptors (Lipinski definition) is 4. The third-order valence-corrected chi connectivity index (χ3v) is 8.73. The van der Waals surface area contributed by atoms with Crippen LogP contribution in [0.25, 0.3) is 16.7 Å². The molecule has 0 radical (unpaired) electrons. The van der Waals surface area contributed by atoms with Crippen molar-refractivity contribution in [1.29, 1.82) is 0 Å². The second-order valence-electron chi connectivity index (χ2n) is 9.30. The normalized spacial score (nSPS) is 13.1. The number of pyridine rings is 1. The maximum Gasteiger partial charge on any atom is 0.431 e. The molecule has 41 heavy (non-hydrogen) atoms. The number of imidazole rings is 1. The molecule has 6 rings (SSSR count). The van der Waals surface area contributed by atoms with E-state index in [2.05, 4.69) is 4.98 Å². The van der Waals surface area contributed by atoms with Gasteiger partial charge in [-0.05, 0) is 53.6 Å². The van der Waals surface area contributed by atoms with Crippen molar-refractivity contribution in [2.45, 2.75) is 29.1 Å². The Morgan fingerprint density at radius 2 is 1.59 bits per heavy atom. The number of carbonyl (C=O) groups is 1. The molecule has 1 aliphatic rings. The van der Waals surface area contributed by atoms with Crippen LogP contribution in [-0.2, 0) is 19.3 Å². The average Bonchev–Trinajstić information content (AvgIpc) is 3.49. The van der Waals surface area contributed by atoms with Crippen LogP contribution in [0.2, 0.25) is 10.0 Å². The van der Waals surface area contributed by atoms with Crippen molar-refractivity contribution in [3.63, 3.8) is 0 Å². The Morgan fingerprint density at radius 3 is 2.32 bits per heavy atom. The summed E-state index contributed by atoms with van der Waals surface area (Å²) in [4.78, 5) is 45.3. The van der Waals surface area contributed by atoms with E-state index in [9.17, 15) is 27.6 Å². The second kappa shape index (κ2) is 10.2. The van der Waals surface area contributed by atoms with Gasteiger partial charge in [0.15, 0.2) is 0 Å². The molecule has 3 aromatic carbocycles. The van der Waals surface area contributed by atoms with Gasteiger partial charge in [-0.2, -0.15) is 13.2 Å². The van der Waals surface area contributed by atoms with Crippen LogP contribution in [-0.4, -0.2) is 25.3 Å². The number of aromatic amines is 2. The SMILES string of the molecule is O=C(c1c(Sc2c(Cl)cccc2Cl)cc(C(F)(F)F)[nH]c1=O)N1Cc2ccc(-n3c(=O)[nH]c4ccccc43)cc2C1. The predicted octanol–water partition coefficient (Wildman–Crippen LogP) is 6.64. The van der Waals surface area contributed by atoms with Crippen LogP contribution in [0.15, 0.2) is 86.1 Å². The lowest BCUT2D eigenvalue weighted by Gasteiger charge is -2.18. The Morgan fingerprint density at radius 1 is 0.878 bits per heavy atom. The van der Waals surface area contributed by atoms with Gasteiger partial charge in [-0.3, -0.25) is 14.2 Å². The molecular weight excluding hydrogens is 600 g/mol. The van der Waals surface area contributed by atoms with Gasteiger partial charge in [0.1, 0.15) is 11.3 Å². The summed E-state index contributed by atoms with van der Waals surface area (Å²) < 4.78 is 42.3. The minimum absolute atomic E-state index is 0.0799. The number of halogens is 5. The highest BCUT2D eigenvalue weighted by atomic mass is 35.5. The zero-order valence-electron chi connectivity index (χ0n) is 20.7. The van der Waals surface area contributed by atoms with Crippen LogP contribution in [0, 0.1) is 0 Å². The number of para-hydroxylation sites is 2. The van der Waals surface area contributed by atoms with E-state index < -0.39 is 28.9 Å². The molecule has 0 saturated carbocycles. The van der Waals surface area contributed by atoms with Crippen molar-refractivity contribution in [1.82, 2.24) is 19.4 Å². The monoisotopic (exact) mass is 616 g/mol. The van der Waals surface area contributed by atoms with Crippen molar-refractivity contribution >= 4 is 51.9 Å². The highest BCUT2D eigenvalue weighted by Gasteiger charge is 2.36. The van der Waals surface area contributed by atoms with Crippen LogP contribution in [0.1, 0.15) is 27.2 Å². The van der Waals surface area contributed by atoms with Gasteiger partial charge in [0, 0.05) is 22.9 Å². The van der Waals surface area contributed by atoms with Crippen molar-refractivity contribution in [3.05, 3.63) is 120 Å². The molecule has 0 atom stereocenters. The molecule has 7 nitrogen and oxygen atoms in total. The Bertz CT molecular complexity index is 1960. The fraction of sp³-hybridized carbons (Fsp3) is 0.107. The average molecular weight is 617 g/mol. The first-order valence-corrected chi connectivity index (χ1v) is 13.7. The number of carbonyl (C=O) groups excluding carboxylic acids is 1. The molecule has 2 aromatic heterocycles. The molecule has 0 unspecified atom stereocenters. The smallest absolute Gasteiger partial charge is 0.330 e. The van der Waals surface area contributed by atoms with E-state index in [4.69, 9.17) is 23.2 Å². The summed E-state index contributed by atoms with van der Waals surface area (Å²) >= 11 is 13.2. The maximum absolute atomic E-state index is 13.7. The molecule has 2 N–H and O–H groups in total. The fourth-order valence-electron chi connectivity index (χ4n) is 4.79. The number of aromatic nitrogens is 3. The summed E-state index contributed by atoms with van der Waals surface area (Å²) in [5.41, 5.74) is 0.173. The second-order valence-corrected chi connectivity index (χ2v) is 11.2. The first-order chi connectivity index (χ1) is 19.5. The minimum atomic E-state index is -4.86. The van der Waals surface area contributed by atoms with E-state index >= 15 is 0 Å². The Labute approximate surface area is 243 Å². The lowest BCUT2D eigenvalue weighted by molar-refractivity contribution is -0.141. The Kier molecular flexibility index (Phi) is 6.75. The van der Waals surface area contributed by atoms with E-state index in [-0.39, 0.29) is 38.6 Å². The molecule has 13 heteroatoms. The molecule has 0 aliphatic carbocycles. The number of benzene rings is 3. The standard InChI is InChI=1S/C28H17Cl2F3N4O3S/c29-17-4-3-5-18(30)24(17)41-21-11-22(28(31,32)33)35-25(38)23(21)26(39)36-12-14-8-9-16(10-15(14)13-36)37-20-7-2-1-6-19(20)34-27(37)40/h1-11H,12-13H2,(H,34,40)(H,35,38). The third-order valence-electron chi connectivity index (χ3n) is 6.69. The minimum Gasteiger partial charge on any atom is -0.330 e. The van der Waals surface area contributed by atoms with Crippen molar-refractivity contribution in [2.24, 2.45) is 0 Å². The number of hydrogen-bond donors (Lipinski definition) is 2. The lowest BCUT2D eigenvalue weighted by Crippen LogP contribution is -2.32. The van der Waals surface area contributed by atoms with Crippen molar-refractivity contribution in [2.75, 3.05) is 0 Å². The summed E-state index contributed by atoms with van der Waals surface area (Å²) in [5.74, 6) is -0.757. The van der Waals surface area contributed by atoms with Gasteiger partial charge >= 0.3 is 11.9 Å². The van der Waals surface area contributed by atoms with E-state index in [1.807, 2.05) is 12.1 Å². The molecule has 1 aliphatic heterocycles. The summed E-state index contributed by atoms with van der Waals surface area (Å²) in [6, 6.07) is 17.8. The van der Waals surface area contributed by atoms with Crippen LogP contribution in [0.5, 0.6) is 0 Å². The van der Waals surface area contributed by atoms with Gasteiger partial charge in [-0.15, -0.1) is 0 Å². The highest BCUT2D eigenvalue weighted by molar-refractivity contribution is 7.99. The largest absolute Gasteiger partial charge is 0.431 e. The first kappa shape index (κ1) is 27.3. The van der Waals surface area contributed by atoms with Crippen LogP contribution >= 0.6 is 35.0 Å². The molecular formula is C28H17Cl2F3N4O3S. The van der Waals surface area contributed by atoms with Crippen LogP contribution < -0.4 is 11.2 Å². The van der Waals surface area contributed by atoms with Gasteiger partial charge < -0.3 is 14.9 Å². The summed E-state index contributed by atoms with van der Waals surface area (Å²) in [6.45, 7) is 0.200. The quantitative estimate of drug-likeness (QED) is 0.237. The topological polar surface area (TPSA) is 91.0 Å². The van der Waals surface area contributed by atoms with Crippen LogP contribution in [0.4, 0.5) is 13.2 Å². The van der Waals surface area contributed by atoms with Gasteiger partial charge in [0.05, 0.1) is 26.8 Å². The van der Waals surface area contributed by atoms with E-state index in [0.29, 0.717) is 34.5 Å². The Balaban J connectivity index is 1.37. The summed E-state index contributed by atoms with van der Waals surface area (Å²) in [6.07, 6.45) is -4.86. The van der Waals surface area contributed by atoms with Gasteiger partial charge in [0.25, 0.3) is 11.5 Å². The molecule has 0 saturated heterocycles. The zero-order valence-corrected chi connectivity index (χ0v) is 23.0. The van der Waals surface area contributed by atoms with Crippen LogP contribution in [0.3, 0.4) is 0 Å². The summed E-state index contributed by atoms with van der Waals surface area (Å²) in [7, 11) is 0. The molecule has 1 amide bonds. The van der Waals surface area contributed by atoms with E-state index in [1.165, 1.54) is 21.6 Å². The van der Waals surface area contributed by atoms with Gasteiger partial charge in [0.2, 0.25) is 0 Å². The first-order valence-electron chi connectivity index (χ1n) is 12.1. The number of fused-ring (bicyclic) bond motifs is 2. The third kappa shape index (κ3) is 4.94. The van der Waals surface area contributed by atoms with Crippen molar-refractivity contribution in [3.8, 4) is 5.69 Å². The molecule has 0 fully saturated rings. The number of H-pyrrole nitrogens is 2. The predicted molar refractivity (Wildman–Crippen MR) is 150 cm³/mol. The Hall–Kier alpha value is -3.93. The number of rotatable bonds is 4. The maximum atomic E-state index is 13.7. The number of amides is 1. The summed E-state index contributed by atoms with van der Waals surface area (Å²) in [5, 5.41) is 0.312. The van der Waals surface area contributed by atoms with Gasteiger partial charge in [-0.25, -0.2) is 4.79 Å².